The van der Waals surface area contributed by atoms with E-state index in [1.54, 1.807) is 6.07 Å². The zero-order valence-electron chi connectivity index (χ0n) is 13.6. The van der Waals surface area contributed by atoms with E-state index in [1.807, 2.05) is 12.1 Å². The van der Waals surface area contributed by atoms with Crippen molar-refractivity contribution < 1.29 is 9.53 Å². The highest BCUT2D eigenvalue weighted by Crippen LogP contribution is 2.60. The summed E-state index contributed by atoms with van der Waals surface area (Å²) in [6.07, 6.45) is 8.01. The van der Waals surface area contributed by atoms with Crippen molar-refractivity contribution in [1.29, 1.82) is 0 Å². The lowest BCUT2D eigenvalue weighted by Gasteiger charge is -2.57. The van der Waals surface area contributed by atoms with Gasteiger partial charge in [0, 0.05) is 29.5 Å². The molecule has 1 aromatic rings. The minimum Gasteiger partial charge on any atom is -0.377 e. The summed E-state index contributed by atoms with van der Waals surface area (Å²) in [5, 5.41) is 3.82. The van der Waals surface area contributed by atoms with E-state index in [4.69, 9.17) is 10.5 Å². The molecule has 4 heteroatoms. The first-order valence-electron chi connectivity index (χ1n) is 8.94. The number of hydrogen-bond donors (Lipinski definition) is 2. The number of primary amides is 1. The number of hydrogen-bond acceptors (Lipinski definition) is 3. The topological polar surface area (TPSA) is 64.4 Å². The van der Waals surface area contributed by atoms with Gasteiger partial charge in [-0.2, -0.15) is 0 Å². The Kier molecular flexibility index (Phi) is 3.90. The molecular weight excluding hydrogens is 288 g/mol. The molecule has 4 rings (SSSR count). The van der Waals surface area contributed by atoms with Gasteiger partial charge in [0.2, 0.25) is 5.91 Å². The highest BCUT2D eigenvalue weighted by molar-refractivity contribution is 5.92. The van der Waals surface area contributed by atoms with Gasteiger partial charge in [0.1, 0.15) is 0 Å². The van der Waals surface area contributed by atoms with E-state index in [1.165, 1.54) is 37.7 Å². The van der Waals surface area contributed by atoms with Gasteiger partial charge in [0.25, 0.3) is 0 Å². The highest BCUT2D eigenvalue weighted by Gasteiger charge is 2.64. The molecule has 124 valence electrons. The Balaban J connectivity index is 1.37. The predicted octanol–water partition coefficient (Wildman–Crippen LogP) is 2.27. The Morgan fingerprint density at radius 2 is 2.17 bits per heavy atom. The van der Waals surface area contributed by atoms with Crippen molar-refractivity contribution in [3.05, 3.63) is 35.4 Å². The summed E-state index contributed by atoms with van der Waals surface area (Å²) in [5.74, 6) is 0.361. The second-order valence-corrected chi connectivity index (χ2v) is 7.43. The van der Waals surface area contributed by atoms with Gasteiger partial charge in [-0.15, -0.1) is 0 Å². The van der Waals surface area contributed by atoms with Gasteiger partial charge in [-0.3, -0.25) is 4.79 Å². The van der Waals surface area contributed by atoms with Crippen molar-refractivity contribution in [3.63, 3.8) is 0 Å². The van der Waals surface area contributed by atoms with Gasteiger partial charge < -0.3 is 15.8 Å². The zero-order chi connectivity index (χ0) is 15.9. The molecule has 1 aliphatic heterocycles. The van der Waals surface area contributed by atoms with Gasteiger partial charge in [-0.25, -0.2) is 0 Å². The van der Waals surface area contributed by atoms with Gasteiger partial charge in [-0.05, 0) is 49.9 Å². The lowest BCUT2D eigenvalue weighted by Crippen LogP contribution is -2.67. The molecule has 0 bridgehead atoms. The molecule has 3 N–H and O–H groups in total. The van der Waals surface area contributed by atoms with Gasteiger partial charge in [0.15, 0.2) is 0 Å². The Labute approximate surface area is 137 Å². The number of rotatable bonds is 5. The van der Waals surface area contributed by atoms with Crippen molar-refractivity contribution in [2.24, 2.45) is 17.1 Å². The molecule has 1 aromatic carbocycles. The molecule has 3 aliphatic rings. The lowest BCUT2D eigenvalue weighted by molar-refractivity contribution is -0.130. The molecule has 23 heavy (non-hydrogen) atoms. The van der Waals surface area contributed by atoms with Crippen LogP contribution in [0.1, 0.15) is 48.0 Å². The lowest BCUT2D eigenvalue weighted by atomic mass is 9.54. The van der Waals surface area contributed by atoms with Gasteiger partial charge >= 0.3 is 0 Å². The third kappa shape index (κ3) is 2.48. The normalized spacial score (nSPS) is 31.0. The van der Waals surface area contributed by atoms with Crippen LogP contribution in [-0.2, 0) is 11.2 Å². The molecule has 2 aliphatic carbocycles. The minimum absolute atomic E-state index is 0.352. The summed E-state index contributed by atoms with van der Waals surface area (Å²) in [6, 6.07) is 8.30. The molecule has 0 aromatic heterocycles. The predicted molar refractivity (Wildman–Crippen MR) is 89.2 cm³/mol. The van der Waals surface area contributed by atoms with Crippen LogP contribution < -0.4 is 11.1 Å². The quantitative estimate of drug-likeness (QED) is 0.876. The molecule has 0 unspecified atom stereocenters. The average Bonchev–Trinajstić information content (AvgIpc) is 3.20. The summed E-state index contributed by atoms with van der Waals surface area (Å²) in [7, 11) is 0. The van der Waals surface area contributed by atoms with Gasteiger partial charge in [-0.1, -0.05) is 25.0 Å². The smallest absolute Gasteiger partial charge is 0.248 e. The van der Waals surface area contributed by atoms with Crippen LogP contribution in [0.5, 0.6) is 0 Å². The van der Waals surface area contributed by atoms with Crippen LogP contribution in [0, 0.1) is 11.3 Å². The van der Waals surface area contributed by atoms with E-state index >= 15 is 0 Å². The molecule has 3 fully saturated rings. The number of ether oxygens (including phenoxy) is 1. The van der Waals surface area contributed by atoms with E-state index in [0.29, 0.717) is 29.0 Å². The van der Waals surface area contributed by atoms with Crippen LogP contribution in [0.25, 0.3) is 0 Å². The minimum atomic E-state index is -0.352. The fraction of sp³-hybridized carbons (Fsp3) is 0.632. The van der Waals surface area contributed by atoms with Crippen molar-refractivity contribution in [3.8, 4) is 0 Å². The number of fused-ring (bicyclic) bond motifs is 2. The molecule has 0 radical (unpaired) electrons. The number of benzene rings is 1. The monoisotopic (exact) mass is 314 g/mol. The second kappa shape index (κ2) is 5.91. The van der Waals surface area contributed by atoms with Crippen LogP contribution in [0.4, 0.5) is 0 Å². The first-order valence-corrected chi connectivity index (χ1v) is 8.94. The number of carbonyl (C=O) groups excluding carboxylic acids is 1. The van der Waals surface area contributed by atoms with Gasteiger partial charge in [0.05, 0.1) is 6.10 Å². The molecule has 1 saturated heterocycles. The number of carbonyl (C=O) groups is 1. The highest BCUT2D eigenvalue weighted by atomic mass is 16.5. The molecule has 1 amide bonds. The molecular formula is C19H26N2O2. The van der Waals surface area contributed by atoms with Crippen molar-refractivity contribution in [2.45, 2.75) is 50.7 Å². The fourth-order valence-electron chi connectivity index (χ4n) is 5.26. The number of amides is 1. The number of nitrogens with one attached hydrogen (secondary N) is 1. The Morgan fingerprint density at radius 1 is 1.35 bits per heavy atom. The molecule has 3 atom stereocenters. The van der Waals surface area contributed by atoms with Crippen LogP contribution in [-0.4, -0.2) is 31.2 Å². The van der Waals surface area contributed by atoms with Crippen molar-refractivity contribution >= 4 is 5.91 Å². The standard InChI is InChI=1S/C19H26N2O2/c20-18(22)14-5-3-4-13(12-14)6-10-21-16-15-7-11-23-17(15)19(16)8-1-2-9-19/h3-5,12,15-17,21H,1-2,6-11H2,(H2,20,22)/t15-,16+,17+/m0/s1. The summed E-state index contributed by atoms with van der Waals surface area (Å²) < 4.78 is 6.04. The first kappa shape index (κ1) is 15.2. The largest absolute Gasteiger partial charge is 0.377 e. The van der Waals surface area contributed by atoms with E-state index in [9.17, 15) is 4.79 Å². The molecule has 1 heterocycles. The Bertz CT molecular complexity index is 595. The van der Waals surface area contributed by atoms with E-state index in [-0.39, 0.29) is 5.91 Å². The van der Waals surface area contributed by atoms with E-state index in [2.05, 4.69) is 11.4 Å². The first-order chi connectivity index (χ1) is 11.2. The van der Waals surface area contributed by atoms with E-state index < -0.39 is 0 Å². The van der Waals surface area contributed by atoms with E-state index in [0.717, 1.165) is 19.6 Å². The van der Waals surface area contributed by atoms with Crippen molar-refractivity contribution in [2.75, 3.05) is 13.2 Å². The maximum atomic E-state index is 11.3. The molecule has 2 saturated carbocycles. The Hall–Kier alpha value is -1.39. The molecule has 4 nitrogen and oxygen atoms in total. The number of nitrogens with two attached hydrogens (primary N) is 1. The third-order valence-electron chi connectivity index (χ3n) is 6.28. The summed E-state index contributed by atoms with van der Waals surface area (Å²) in [5.41, 5.74) is 7.55. The summed E-state index contributed by atoms with van der Waals surface area (Å²) in [6.45, 7) is 1.90. The van der Waals surface area contributed by atoms with Crippen molar-refractivity contribution in [1.82, 2.24) is 5.32 Å². The maximum absolute atomic E-state index is 11.3. The second-order valence-electron chi connectivity index (χ2n) is 7.43. The third-order valence-corrected chi connectivity index (χ3v) is 6.28. The summed E-state index contributed by atoms with van der Waals surface area (Å²) >= 11 is 0. The van der Waals surface area contributed by atoms with Crippen LogP contribution in [0.15, 0.2) is 24.3 Å². The fourth-order valence-corrected chi connectivity index (χ4v) is 5.26. The maximum Gasteiger partial charge on any atom is 0.248 e. The van der Waals surface area contributed by atoms with Crippen LogP contribution in [0.2, 0.25) is 0 Å². The Morgan fingerprint density at radius 3 is 2.96 bits per heavy atom. The zero-order valence-corrected chi connectivity index (χ0v) is 13.6. The SMILES string of the molecule is NC(=O)c1cccc(CCN[C@@H]2[C@@H]3CCO[C@H]3C23CCCC3)c1. The summed E-state index contributed by atoms with van der Waals surface area (Å²) in [4.78, 5) is 11.3. The average molecular weight is 314 g/mol. The molecule has 1 spiro atoms. The van der Waals surface area contributed by atoms with Crippen LogP contribution in [0.3, 0.4) is 0 Å². The van der Waals surface area contributed by atoms with Crippen LogP contribution >= 0.6 is 0 Å².